The quantitative estimate of drug-likeness (QED) is 0.806. The van der Waals surface area contributed by atoms with E-state index in [0.717, 1.165) is 17.9 Å². The molecule has 0 aromatic heterocycles. The van der Waals surface area contributed by atoms with Gasteiger partial charge >= 0.3 is 0 Å². The van der Waals surface area contributed by atoms with Gasteiger partial charge in [-0.25, -0.2) is 0 Å². The Hall–Kier alpha value is -1.06. The van der Waals surface area contributed by atoms with Crippen LogP contribution in [0.1, 0.15) is 49.5 Å². The molecular formula is C15H23ClN2O. The third-order valence-electron chi connectivity index (χ3n) is 3.16. The fraction of sp³-hybridized carbons (Fsp3) is 0.533. The van der Waals surface area contributed by atoms with Crippen LogP contribution in [0.5, 0.6) is 0 Å². The predicted octanol–water partition coefficient (Wildman–Crippen LogP) is 3.35. The second kappa shape index (κ2) is 7.51. The molecule has 0 aliphatic carbocycles. The molecule has 1 atom stereocenters. The van der Waals surface area contributed by atoms with Crippen molar-refractivity contribution in [2.45, 2.75) is 46.2 Å². The summed E-state index contributed by atoms with van der Waals surface area (Å²) in [5.74, 6) is 0.273. The fourth-order valence-electron chi connectivity index (χ4n) is 1.81. The fourth-order valence-corrected chi connectivity index (χ4v) is 2.06. The van der Waals surface area contributed by atoms with E-state index in [-0.39, 0.29) is 0 Å². The molecule has 4 heteroatoms. The molecule has 0 spiro atoms. The number of nitrogens with one attached hydrogen (secondary N) is 1. The van der Waals surface area contributed by atoms with E-state index in [4.69, 9.17) is 17.3 Å². The summed E-state index contributed by atoms with van der Waals surface area (Å²) < 4.78 is 0. The molecule has 1 unspecified atom stereocenters. The van der Waals surface area contributed by atoms with Crippen LogP contribution in [0, 0.1) is 5.92 Å². The zero-order chi connectivity index (χ0) is 14.4. The van der Waals surface area contributed by atoms with Crippen molar-refractivity contribution in [2.24, 2.45) is 11.7 Å². The lowest BCUT2D eigenvalue weighted by molar-refractivity contribution is 0.100. The van der Waals surface area contributed by atoms with Gasteiger partial charge in [0.25, 0.3) is 0 Å². The third kappa shape index (κ3) is 5.62. The largest absolute Gasteiger partial charge is 0.366 e. The summed E-state index contributed by atoms with van der Waals surface area (Å²) >= 11 is 6.14. The van der Waals surface area contributed by atoms with Crippen molar-refractivity contribution < 1.29 is 4.79 Å². The van der Waals surface area contributed by atoms with Crippen molar-refractivity contribution in [1.82, 2.24) is 5.32 Å². The van der Waals surface area contributed by atoms with E-state index in [1.807, 2.05) is 6.07 Å². The number of carbonyl (C=O) groups excluding carboxylic acids is 1. The van der Waals surface area contributed by atoms with E-state index < -0.39 is 5.91 Å². The Morgan fingerprint density at radius 2 is 2.00 bits per heavy atom. The number of benzene rings is 1. The first-order chi connectivity index (χ1) is 8.90. The van der Waals surface area contributed by atoms with Crippen molar-refractivity contribution in [3.05, 3.63) is 34.3 Å². The molecule has 0 bridgehead atoms. The molecular weight excluding hydrogens is 260 g/mol. The number of halogens is 1. The lowest BCUT2D eigenvalue weighted by Gasteiger charge is -2.15. The maximum absolute atomic E-state index is 11.0. The standard InChI is InChI=1S/C15H23ClN2O/c1-10(2)4-5-11(3)18-9-13-7-6-12(15(17)19)8-14(13)16/h6-8,10-11,18H,4-5,9H2,1-3H3,(H2,17,19). The molecule has 1 aromatic carbocycles. The van der Waals surface area contributed by atoms with Crippen molar-refractivity contribution >= 4 is 17.5 Å². The van der Waals surface area contributed by atoms with Crippen LogP contribution in [0.2, 0.25) is 5.02 Å². The Balaban J connectivity index is 2.51. The van der Waals surface area contributed by atoms with Gasteiger partial charge in [-0.05, 0) is 43.4 Å². The zero-order valence-electron chi connectivity index (χ0n) is 11.9. The highest BCUT2D eigenvalue weighted by Crippen LogP contribution is 2.18. The number of hydrogen-bond acceptors (Lipinski definition) is 2. The molecule has 0 aliphatic rings. The van der Waals surface area contributed by atoms with E-state index in [0.29, 0.717) is 23.2 Å². The SMILES string of the molecule is CC(C)CCC(C)NCc1ccc(C(N)=O)cc1Cl. The molecule has 0 saturated heterocycles. The lowest BCUT2D eigenvalue weighted by Crippen LogP contribution is -2.26. The number of hydrogen-bond donors (Lipinski definition) is 2. The van der Waals surface area contributed by atoms with Crippen LogP contribution in [-0.2, 0) is 6.54 Å². The summed E-state index contributed by atoms with van der Waals surface area (Å²) in [5.41, 5.74) is 6.64. The van der Waals surface area contributed by atoms with Gasteiger partial charge in [0.1, 0.15) is 0 Å². The van der Waals surface area contributed by atoms with E-state index in [2.05, 4.69) is 26.1 Å². The minimum absolute atomic E-state index is 0.446. The molecule has 0 heterocycles. The van der Waals surface area contributed by atoms with Crippen molar-refractivity contribution in [2.75, 3.05) is 0 Å². The number of primary amides is 1. The highest BCUT2D eigenvalue weighted by molar-refractivity contribution is 6.31. The van der Waals surface area contributed by atoms with Gasteiger partial charge in [-0.1, -0.05) is 31.5 Å². The van der Waals surface area contributed by atoms with Crippen molar-refractivity contribution in [3.63, 3.8) is 0 Å². The van der Waals surface area contributed by atoms with Gasteiger partial charge in [-0.3, -0.25) is 4.79 Å². The Morgan fingerprint density at radius 3 is 2.53 bits per heavy atom. The van der Waals surface area contributed by atoms with E-state index in [1.165, 1.54) is 6.42 Å². The van der Waals surface area contributed by atoms with E-state index in [1.54, 1.807) is 12.1 Å². The highest BCUT2D eigenvalue weighted by Gasteiger charge is 2.07. The number of carbonyl (C=O) groups is 1. The molecule has 1 amide bonds. The Labute approximate surface area is 120 Å². The van der Waals surface area contributed by atoms with Crippen molar-refractivity contribution in [1.29, 1.82) is 0 Å². The van der Waals surface area contributed by atoms with Gasteiger partial charge in [0.05, 0.1) is 0 Å². The smallest absolute Gasteiger partial charge is 0.248 e. The van der Waals surface area contributed by atoms with Gasteiger partial charge in [0.2, 0.25) is 5.91 Å². The first-order valence-corrected chi connectivity index (χ1v) is 7.09. The topological polar surface area (TPSA) is 55.1 Å². The van der Waals surface area contributed by atoms with Crippen LogP contribution >= 0.6 is 11.6 Å². The Kier molecular flexibility index (Phi) is 6.32. The zero-order valence-corrected chi connectivity index (χ0v) is 12.6. The molecule has 1 rings (SSSR count). The number of amides is 1. The molecule has 106 valence electrons. The lowest BCUT2D eigenvalue weighted by atomic mass is 10.0. The van der Waals surface area contributed by atoms with Crippen LogP contribution in [0.3, 0.4) is 0 Å². The van der Waals surface area contributed by atoms with Crippen molar-refractivity contribution in [3.8, 4) is 0 Å². The predicted molar refractivity (Wildman–Crippen MR) is 80.3 cm³/mol. The Bertz CT molecular complexity index is 432. The van der Waals surface area contributed by atoms with Crippen LogP contribution in [-0.4, -0.2) is 11.9 Å². The van der Waals surface area contributed by atoms with Gasteiger partial charge in [-0.15, -0.1) is 0 Å². The number of rotatable bonds is 7. The molecule has 0 saturated carbocycles. The maximum atomic E-state index is 11.0. The van der Waals surface area contributed by atoms with Crippen LogP contribution < -0.4 is 11.1 Å². The summed E-state index contributed by atoms with van der Waals surface area (Å²) in [6.07, 6.45) is 2.36. The second-order valence-corrected chi connectivity index (χ2v) is 5.83. The first kappa shape index (κ1) is 16.0. The maximum Gasteiger partial charge on any atom is 0.248 e. The summed E-state index contributed by atoms with van der Waals surface area (Å²) in [7, 11) is 0. The van der Waals surface area contributed by atoms with Gasteiger partial charge in [-0.2, -0.15) is 0 Å². The molecule has 19 heavy (non-hydrogen) atoms. The summed E-state index contributed by atoms with van der Waals surface area (Å²) in [5, 5.41) is 4.03. The first-order valence-electron chi connectivity index (χ1n) is 6.71. The average Bonchev–Trinajstić information content (AvgIpc) is 2.34. The molecule has 1 aromatic rings. The second-order valence-electron chi connectivity index (χ2n) is 5.42. The summed E-state index contributed by atoms with van der Waals surface area (Å²) in [4.78, 5) is 11.0. The van der Waals surface area contributed by atoms with E-state index in [9.17, 15) is 4.79 Å². The van der Waals surface area contributed by atoms with Gasteiger partial charge < -0.3 is 11.1 Å². The van der Waals surface area contributed by atoms with Crippen LogP contribution in [0.25, 0.3) is 0 Å². The van der Waals surface area contributed by atoms with Gasteiger partial charge in [0.15, 0.2) is 0 Å². The third-order valence-corrected chi connectivity index (χ3v) is 3.51. The highest BCUT2D eigenvalue weighted by atomic mass is 35.5. The summed E-state index contributed by atoms with van der Waals surface area (Å²) in [6.45, 7) is 7.34. The molecule has 0 fully saturated rings. The van der Waals surface area contributed by atoms with Crippen LogP contribution in [0.4, 0.5) is 0 Å². The van der Waals surface area contributed by atoms with Crippen LogP contribution in [0.15, 0.2) is 18.2 Å². The average molecular weight is 283 g/mol. The Morgan fingerprint density at radius 1 is 1.32 bits per heavy atom. The minimum atomic E-state index is -0.452. The van der Waals surface area contributed by atoms with Gasteiger partial charge in [0, 0.05) is 23.2 Å². The van der Waals surface area contributed by atoms with E-state index >= 15 is 0 Å². The summed E-state index contributed by atoms with van der Waals surface area (Å²) in [6, 6.07) is 5.64. The molecule has 0 aliphatic heterocycles. The normalized spacial score (nSPS) is 12.7. The molecule has 3 N–H and O–H groups in total. The minimum Gasteiger partial charge on any atom is -0.366 e. The monoisotopic (exact) mass is 282 g/mol. The molecule has 0 radical (unpaired) electrons. The number of nitrogens with two attached hydrogens (primary N) is 1. The molecule has 3 nitrogen and oxygen atoms in total.